The van der Waals surface area contributed by atoms with Crippen molar-refractivity contribution in [2.24, 2.45) is 57.2 Å². The van der Waals surface area contributed by atoms with E-state index in [9.17, 15) is 55.1 Å². The summed E-state index contributed by atoms with van der Waals surface area (Å²) in [5, 5.41) is 5.01. The number of halogens is 6. The number of rotatable bonds is 18. The lowest BCUT2D eigenvalue weighted by Gasteiger charge is -2.55. The van der Waals surface area contributed by atoms with Gasteiger partial charge >= 0.3 is 12.2 Å². The first-order valence-corrected chi connectivity index (χ1v) is 44.4. The predicted molar refractivity (Wildman–Crippen MR) is 460 cm³/mol. The number of Topliss-reactive ketones (excluding diaryl/α,β-unsaturated/α-hetero) is 4. The molecule has 0 aromatic heterocycles. The highest BCUT2D eigenvalue weighted by molar-refractivity contribution is 5.89. The topological polar surface area (TPSA) is 163 Å². The van der Waals surface area contributed by atoms with Crippen LogP contribution < -0.4 is 20.1 Å². The average molecular weight is 1660 g/mol. The van der Waals surface area contributed by atoms with Crippen LogP contribution in [0.2, 0.25) is 0 Å². The Hall–Kier alpha value is -8.28. The maximum absolute atomic E-state index is 14.0. The molecule has 0 heterocycles. The van der Waals surface area contributed by atoms with Crippen LogP contribution in [0.4, 0.5) is 35.9 Å². The molecule has 0 radical (unpaired) electrons. The number of nitrogens with one attached hydrogen (secondary N) is 2. The Bertz CT molecular complexity index is 4440. The van der Waals surface area contributed by atoms with Crippen molar-refractivity contribution in [3.05, 3.63) is 199 Å². The number of ether oxygens (including phenoxy) is 4. The molecule has 8 saturated carbocycles. The van der Waals surface area contributed by atoms with E-state index >= 15 is 0 Å². The Labute approximate surface area is 709 Å². The molecule has 6 aromatic rings. The van der Waals surface area contributed by atoms with E-state index in [-0.39, 0.29) is 81.0 Å². The number of benzene rings is 6. The maximum atomic E-state index is 14.0. The third-order valence-electron chi connectivity index (χ3n) is 29.0. The molecular formula is C102H132F6N2O10. The van der Waals surface area contributed by atoms with Crippen molar-refractivity contribution >= 4 is 35.3 Å². The SMILES string of the molecule is CC(=O)[C@H](Cc1cc(C)c(C)cc1F)NC(=O)OC(C)(C)C.CC(=O)[C@H](Cc1cc(C)c(C)cc1[18F])NC(=O)OC(C)(C)C.CC[C@H]1C[C@@H]1c1cc(F)ccc1OCC1CC1.CC[C@H]1C[C@@H]1c1cc([18F])ccc1OCC1CC1.C[C@@]12CCC(=O)[C@@]1(C)CC[C@@H]1c3ccc(F)cc3CC[C@H]12.C[C@@]12CCC(=O)[C@@]1(C)CC[C@@H]1c3ccc([18F])cc3CC[C@H]12. The van der Waals surface area contributed by atoms with Gasteiger partial charge in [-0.2, -0.15) is 0 Å². The first kappa shape index (κ1) is 92.4. The number of aryl methyl sites for hydroxylation is 6. The molecule has 10 aliphatic rings. The van der Waals surface area contributed by atoms with Crippen molar-refractivity contribution in [1.29, 1.82) is 0 Å². The molecular weight excluding hydrogens is 1520 g/mol. The largest absolute Gasteiger partial charge is 0.493 e. The summed E-state index contributed by atoms with van der Waals surface area (Å²) in [7, 11) is 0. The molecule has 16 rings (SSSR count). The molecule has 0 spiro atoms. The molecule has 120 heavy (non-hydrogen) atoms. The number of alkyl carbamates (subject to hydrolysis) is 2. The summed E-state index contributed by atoms with van der Waals surface area (Å²) in [5.74, 6) is 7.29. The van der Waals surface area contributed by atoms with E-state index in [1.807, 2.05) is 39.8 Å². The van der Waals surface area contributed by atoms with Crippen molar-refractivity contribution in [2.45, 2.75) is 313 Å². The molecule has 0 aliphatic heterocycles. The number of hydrogen-bond acceptors (Lipinski definition) is 10. The summed E-state index contributed by atoms with van der Waals surface area (Å²) < 4.78 is 104. The van der Waals surface area contributed by atoms with Crippen LogP contribution in [0, 0.1) is 120 Å². The van der Waals surface area contributed by atoms with Crippen LogP contribution in [-0.4, -0.2) is 71.8 Å². The van der Waals surface area contributed by atoms with Gasteiger partial charge in [-0.1, -0.05) is 78.6 Å². The highest BCUT2D eigenvalue weighted by Crippen LogP contribution is 2.68. The fraction of sp³-hybridized carbons (Fsp3) is 0.588. The number of carbonyl (C=O) groups excluding carboxylic acids is 6. The molecule has 6 aromatic carbocycles. The molecule has 2 amide bonds. The predicted octanol–water partition coefficient (Wildman–Crippen LogP) is 24.5. The van der Waals surface area contributed by atoms with Gasteiger partial charge in [0.1, 0.15) is 69.2 Å². The molecule has 2 N–H and O–H groups in total. The minimum absolute atomic E-state index is 0.0987. The van der Waals surface area contributed by atoms with Gasteiger partial charge in [-0.05, 0) is 384 Å². The summed E-state index contributed by atoms with van der Waals surface area (Å²) >= 11 is 0. The lowest BCUT2D eigenvalue weighted by atomic mass is 9.48. The van der Waals surface area contributed by atoms with E-state index in [0.29, 0.717) is 58.2 Å². The number of hydrogen-bond donors (Lipinski definition) is 2. The molecule has 0 saturated heterocycles. The van der Waals surface area contributed by atoms with Gasteiger partial charge in [-0.25, -0.2) is 35.9 Å². The molecule has 0 bridgehead atoms. The third kappa shape index (κ3) is 22.2. The van der Waals surface area contributed by atoms with Crippen LogP contribution in [0.25, 0.3) is 0 Å². The van der Waals surface area contributed by atoms with Crippen molar-refractivity contribution in [2.75, 3.05) is 13.2 Å². The van der Waals surface area contributed by atoms with Crippen molar-refractivity contribution in [3.8, 4) is 11.5 Å². The van der Waals surface area contributed by atoms with Crippen LogP contribution in [0.3, 0.4) is 0 Å². The molecule has 14 atom stereocenters. The zero-order chi connectivity index (χ0) is 87.5. The van der Waals surface area contributed by atoms with E-state index in [2.05, 4.69) is 52.2 Å². The minimum atomic E-state index is -0.813. The Morgan fingerprint density at radius 3 is 1.10 bits per heavy atom. The van der Waals surface area contributed by atoms with Crippen molar-refractivity contribution < 1.29 is 74.1 Å². The zero-order valence-corrected chi connectivity index (χ0v) is 74.5. The second-order valence-electron chi connectivity index (χ2n) is 39.6. The number of amides is 2. The Morgan fingerprint density at radius 2 is 0.775 bits per heavy atom. The second-order valence-corrected chi connectivity index (χ2v) is 39.6. The van der Waals surface area contributed by atoms with E-state index < -0.39 is 35.5 Å². The van der Waals surface area contributed by atoms with Crippen LogP contribution in [0.5, 0.6) is 11.5 Å². The second kappa shape index (κ2) is 37.8. The summed E-state index contributed by atoms with van der Waals surface area (Å²) in [6, 6.07) is 25.3. The highest BCUT2D eigenvalue weighted by Gasteiger charge is 2.63. The smallest absolute Gasteiger partial charge is 0.408 e. The van der Waals surface area contributed by atoms with Crippen LogP contribution in [0.1, 0.15) is 303 Å². The van der Waals surface area contributed by atoms with Gasteiger partial charge in [0.05, 0.1) is 25.3 Å². The molecule has 18 heteroatoms. The van der Waals surface area contributed by atoms with Crippen LogP contribution in [0.15, 0.2) is 97.1 Å². The van der Waals surface area contributed by atoms with Gasteiger partial charge < -0.3 is 29.6 Å². The lowest BCUT2D eigenvalue weighted by molar-refractivity contribution is -0.135. The molecule has 652 valence electrons. The summed E-state index contributed by atoms with van der Waals surface area (Å²) in [6.07, 6.45) is 20.7. The Morgan fingerprint density at radius 1 is 0.433 bits per heavy atom. The number of ketones is 4. The monoisotopic (exact) mass is 1660 g/mol. The third-order valence-corrected chi connectivity index (χ3v) is 29.0. The first-order valence-electron chi connectivity index (χ1n) is 44.4. The van der Waals surface area contributed by atoms with E-state index in [4.69, 9.17) is 18.9 Å². The van der Waals surface area contributed by atoms with E-state index in [1.165, 1.54) is 112 Å². The van der Waals surface area contributed by atoms with E-state index in [1.54, 1.807) is 102 Å². The fourth-order valence-corrected chi connectivity index (χ4v) is 20.4. The minimum Gasteiger partial charge on any atom is -0.493 e. The van der Waals surface area contributed by atoms with Gasteiger partial charge in [0.15, 0.2) is 11.6 Å². The highest BCUT2D eigenvalue weighted by atomic mass is 19.1. The molecule has 10 aliphatic carbocycles. The lowest BCUT2D eigenvalue weighted by Crippen LogP contribution is -2.49. The average Bonchev–Trinajstić information content (AvgIpc) is 1.42. The van der Waals surface area contributed by atoms with Crippen molar-refractivity contribution in [3.63, 3.8) is 0 Å². The fourth-order valence-electron chi connectivity index (χ4n) is 20.4. The van der Waals surface area contributed by atoms with Crippen LogP contribution >= 0.6 is 0 Å². The van der Waals surface area contributed by atoms with Crippen molar-refractivity contribution in [1.82, 2.24) is 10.6 Å². The normalized spacial score (nSPS) is 26.8. The Kier molecular flexibility index (Phi) is 29.1. The molecule has 12 nitrogen and oxygen atoms in total. The summed E-state index contributed by atoms with van der Waals surface area (Å²) in [4.78, 5) is 71.9. The first-order chi connectivity index (χ1) is 56.4. The van der Waals surface area contributed by atoms with Gasteiger partial charge in [-0.3, -0.25) is 19.2 Å². The molecule has 8 fully saturated rings. The van der Waals surface area contributed by atoms with Gasteiger partial charge in [0.25, 0.3) is 0 Å². The van der Waals surface area contributed by atoms with Gasteiger partial charge in [-0.15, -0.1) is 0 Å². The standard InChI is InChI=1S/2C19H23FO.2C17H24FNO3.2C15H19FO/c2*1-18-10-8-17(21)19(18,2)9-7-15-14-5-4-13(20)11-12(14)3-6-16(15)18;2*1-10-7-13(14(18)8-11(10)2)9-15(12(3)20)19-16(21)22-17(4,5)6;2*1-2-11-7-13(11)14-8-12(16)5-6-15(14)17-9-10-3-4-10/h2*4-5,11,15-16H,3,6-10H2,1-2H3;2*7-8,15H,9H2,1-6H3,(H,19,21);2*5-6,8,10-11,13H,2-4,7,9H2,1H3/t2*15-,16-,18+,19-;2*15-;2*11-,13-/m110000/s1/i20-1;;18-1;;16-1;. The maximum Gasteiger partial charge on any atom is 0.408 e. The van der Waals surface area contributed by atoms with Gasteiger partial charge in [0.2, 0.25) is 0 Å². The zero-order valence-electron chi connectivity index (χ0n) is 74.5. The van der Waals surface area contributed by atoms with Gasteiger partial charge in [0, 0.05) is 47.6 Å². The Balaban J connectivity index is 0.000000141. The number of carbonyl (C=O) groups is 6. The van der Waals surface area contributed by atoms with Crippen LogP contribution in [-0.2, 0) is 54.3 Å². The quantitative estimate of drug-likeness (QED) is 0.0792. The summed E-state index contributed by atoms with van der Waals surface area (Å²) in [5.41, 5.74) is 10.4. The van der Waals surface area contributed by atoms with E-state index in [0.717, 1.165) is 159 Å². The number of fused-ring (bicyclic) bond motifs is 10. The molecule has 0 unspecified atom stereocenters. The summed E-state index contributed by atoms with van der Waals surface area (Å²) in [6.45, 7) is 35.7.